The van der Waals surface area contributed by atoms with Crippen LogP contribution in [0.1, 0.15) is 20.3 Å². The van der Waals surface area contributed by atoms with Gasteiger partial charge in [0, 0.05) is 0 Å². The number of likely N-dealkylation sites (N-methyl/N-ethyl adjacent to an activating group) is 1. The van der Waals surface area contributed by atoms with Crippen LogP contribution < -0.4 is 14.8 Å². The minimum absolute atomic E-state index is 0.753. The Labute approximate surface area is 97.8 Å². The van der Waals surface area contributed by atoms with Gasteiger partial charge in [0.25, 0.3) is 0 Å². The van der Waals surface area contributed by atoms with Crippen LogP contribution in [0.15, 0.2) is 24.3 Å². The molecule has 2 N–H and O–H groups in total. The zero-order valence-electron chi connectivity index (χ0n) is 10.2. The van der Waals surface area contributed by atoms with Crippen LogP contribution in [-0.2, 0) is 0 Å². The number of quaternary nitrogens is 1. The minimum Gasteiger partial charge on any atom is -0.494 e. The summed E-state index contributed by atoms with van der Waals surface area (Å²) in [6.07, 6.45) is 1.03. The van der Waals surface area contributed by atoms with Crippen molar-refractivity contribution in [3.05, 3.63) is 24.3 Å². The average molecular weight is 224 g/mol. The molecule has 0 aliphatic carbocycles. The summed E-state index contributed by atoms with van der Waals surface area (Å²) in [5.41, 5.74) is 0. The van der Waals surface area contributed by atoms with Crippen LogP contribution in [0.5, 0.6) is 11.5 Å². The van der Waals surface area contributed by atoms with Crippen molar-refractivity contribution in [3.8, 4) is 11.5 Å². The number of nitrogens with two attached hydrogens (primary N) is 1. The second kappa shape index (κ2) is 7.99. The Morgan fingerprint density at radius 1 is 0.938 bits per heavy atom. The van der Waals surface area contributed by atoms with Crippen LogP contribution in [0.3, 0.4) is 0 Å². The van der Waals surface area contributed by atoms with Gasteiger partial charge in [-0.1, -0.05) is 6.92 Å². The molecular weight excluding hydrogens is 202 g/mol. The largest absolute Gasteiger partial charge is 0.494 e. The first-order valence-corrected chi connectivity index (χ1v) is 6.04. The monoisotopic (exact) mass is 224 g/mol. The Morgan fingerprint density at radius 3 is 2.00 bits per heavy atom. The summed E-state index contributed by atoms with van der Waals surface area (Å²) >= 11 is 0. The molecule has 0 aromatic heterocycles. The summed E-state index contributed by atoms with van der Waals surface area (Å²) in [4.78, 5) is 0. The van der Waals surface area contributed by atoms with Crippen molar-refractivity contribution >= 4 is 0 Å². The van der Waals surface area contributed by atoms with Gasteiger partial charge in [-0.3, -0.25) is 0 Å². The highest BCUT2D eigenvalue weighted by Gasteiger charge is 1.96. The maximum Gasteiger partial charge on any atom is 0.137 e. The highest BCUT2D eigenvalue weighted by Crippen LogP contribution is 2.17. The van der Waals surface area contributed by atoms with Gasteiger partial charge in [-0.05, 0) is 37.6 Å². The van der Waals surface area contributed by atoms with E-state index in [2.05, 4.69) is 19.2 Å². The van der Waals surface area contributed by atoms with Crippen molar-refractivity contribution in [1.82, 2.24) is 0 Å². The van der Waals surface area contributed by atoms with Crippen molar-refractivity contribution in [3.63, 3.8) is 0 Å². The summed E-state index contributed by atoms with van der Waals surface area (Å²) < 4.78 is 11.1. The van der Waals surface area contributed by atoms with Crippen molar-refractivity contribution < 1.29 is 14.8 Å². The third kappa shape index (κ3) is 5.03. The number of rotatable bonds is 8. The number of ether oxygens (including phenoxy) is 2. The fraction of sp³-hybridized carbons (Fsp3) is 0.538. The fourth-order valence-electron chi connectivity index (χ4n) is 1.32. The van der Waals surface area contributed by atoms with Crippen LogP contribution in [0.25, 0.3) is 0 Å². The van der Waals surface area contributed by atoms with Crippen LogP contribution in [0, 0.1) is 0 Å². The number of benzene rings is 1. The molecule has 16 heavy (non-hydrogen) atoms. The Kier molecular flexibility index (Phi) is 6.42. The van der Waals surface area contributed by atoms with Crippen LogP contribution in [0.4, 0.5) is 0 Å². The lowest BCUT2D eigenvalue weighted by atomic mass is 10.3. The predicted octanol–water partition coefficient (Wildman–Crippen LogP) is 1.44. The molecule has 3 heteroatoms. The van der Waals surface area contributed by atoms with Gasteiger partial charge in [-0.25, -0.2) is 0 Å². The van der Waals surface area contributed by atoms with E-state index in [1.807, 2.05) is 24.3 Å². The summed E-state index contributed by atoms with van der Waals surface area (Å²) in [6, 6.07) is 7.82. The molecule has 0 heterocycles. The summed E-state index contributed by atoms with van der Waals surface area (Å²) in [7, 11) is 0. The Morgan fingerprint density at radius 2 is 1.50 bits per heavy atom. The Balaban J connectivity index is 2.27. The molecule has 0 saturated carbocycles. The molecule has 0 atom stereocenters. The van der Waals surface area contributed by atoms with Gasteiger partial charge in [0.2, 0.25) is 0 Å². The molecule has 0 radical (unpaired) electrons. The Hall–Kier alpha value is -1.22. The third-order valence-electron chi connectivity index (χ3n) is 2.18. The van der Waals surface area contributed by atoms with Gasteiger partial charge in [0.05, 0.1) is 13.2 Å². The maximum absolute atomic E-state index is 5.58. The SMILES string of the molecule is CCCOc1ccc(OCC[NH2+]CC)cc1. The summed E-state index contributed by atoms with van der Waals surface area (Å²) in [5.74, 6) is 1.82. The van der Waals surface area contributed by atoms with Crippen LogP contribution in [-0.4, -0.2) is 26.3 Å². The first-order chi connectivity index (χ1) is 7.86. The smallest absolute Gasteiger partial charge is 0.137 e. The van der Waals surface area contributed by atoms with Crippen molar-refractivity contribution in [1.29, 1.82) is 0 Å². The molecular formula is C13H22NO2+. The highest BCUT2D eigenvalue weighted by molar-refractivity contribution is 5.31. The lowest BCUT2D eigenvalue weighted by Crippen LogP contribution is -2.84. The van der Waals surface area contributed by atoms with E-state index in [-0.39, 0.29) is 0 Å². The van der Waals surface area contributed by atoms with E-state index in [1.165, 1.54) is 0 Å². The number of hydrogen-bond acceptors (Lipinski definition) is 2. The molecule has 0 spiro atoms. The van der Waals surface area contributed by atoms with Crippen molar-refractivity contribution in [2.75, 3.05) is 26.3 Å². The van der Waals surface area contributed by atoms with E-state index >= 15 is 0 Å². The van der Waals surface area contributed by atoms with Crippen LogP contribution in [0.2, 0.25) is 0 Å². The first-order valence-electron chi connectivity index (χ1n) is 6.04. The lowest BCUT2D eigenvalue weighted by molar-refractivity contribution is -0.652. The quantitative estimate of drug-likeness (QED) is 0.678. The van der Waals surface area contributed by atoms with Crippen molar-refractivity contribution in [2.24, 2.45) is 0 Å². The topological polar surface area (TPSA) is 35.1 Å². The summed E-state index contributed by atoms with van der Waals surface area (Å²) in [6.45, 7) is 7.87. The second-order valence-electron chi connectivity index (χ2n) is 3.65. The van der Waals surface area contributed by atoms with E-state index in [9.17, 15) is 0 Å². The van der Waals surface area contributed by atoms with E-state index < -0.39 is 0 Å². The molecule has 0 amide bonds. The average Bonchev–Trinajstić information content (AvgIpc) is 2.33. The molecule has 0 unspecified atom stereocenters. The van der Waals surface area contributed by atoms with Crippen LogP contribution >= 0.6 is 0 Å². The van der Waals surface area contributed by atoms with Gasteiger partial charge in [0.15, 0.2) is 0 Å². The molecule has 1 rings (SSSR count). The molecule has 1 aromatic carbocycles. The molecule has 0 fully saturated rings. The van der Waals surface area contributed by atoms with E-state index in [0.717, 1.165) is 44.2 Å². The molecule has 3 nitrogen and oxygen atoms in total. The van der Waals surface area contributed by atoms with E-state index in [1.54, 1.807) is 0 Å². The predicted molar refractivity (Wildman–Crippen MR) is 65.1 cm³/mol. The zero-order chi connectivity index (χ0) is 11.6. The molecule has 0 aliphatic rings. The van der Waals surface area contributed by atoms with Gasteiger partial charge in [-0.15, -0.1) is 0 Å². The lowest BCUT2D eigenvalue weighted by Gasteiger charge is -2.07. The second-order valence-corrected chi connectivity index (χ2v) is 3.65. The molecule has 0 aliphatic heterocycles. The standard InChI is InChI=1S/C13H21NO2/c1-3-10-15-12-5-7-13(8-6-12)16-11-9-14-4-2/h5-8,14H,3-4,9-11H2,1-2H3/p+1. The molecule has 1 aromatic rings. The summed E-state index contributed by atoms with van der Waals surface area (Å²) in [5, 5.41) is 2.22. The molecule has 0 saturated heterocycles. The Bertz CT molecular complexity index is 272. The van der Waals surface area contributed by atoms with E-state index in [0.29, 0.717) is 0 Å². The molecule has 0 bridgehead atoms. The first kappa shape index (κ1) is 12.8. The normalized spacial score (nSPS) is 10.1. The van der Waals surface area contributed by atoms with E-state index in [4.69, 9.17) is 9.47 Å². The fourth-order valence-corrected chi connectivity index (χ4v) is 1.32. The highest BCUT2D eigenvalue weighted by atomic mass is 16.5. The van der Waals surface area contributed by atoms with Crippen molar-refractivity contribution in [2.45, 2.75) is 20.3 Å². The van der Waals surface area contributed by atoms with Gasteiger partial charge < -0.3 is 14.8 Å². The van der Waals surface area contributed by atoms with Gasteiger partial charge in [-0.2, -0.15) is 0 Å². The maximum atomic E-state index is 5.58. The van der Waals surface area contributed by atoms with Gasteiger partial charge in [0.1, 0.15) is 24.7 Å². The molecule has 90 valence electrons. The minimum atomic E-state index is 0.753. The van der Waals surface area contributed by atoms with Gasteiger partial charge >= 0.3 is 0 Å². The number of hydrogen-bond donors (Lipinski definition) is 1. The zero-order valence-corrected chi connectivity index (χ0v) is 10.2. The third-order valence-corrected chi connectivity index (χ3v) is 2.18.